The van der Waals surface area contributed by atoms with Gasteiger partial charge in [0.25, 0.3) is 0 Å². The normalized spacial score (nSPS) is 12.1. The van der Waals surface area contributed by atoms with E-state index in [0.29, 0.717) is 0 Å². The maximum absolute atomic E-state index is 8.83. The van der Waals surface area contributed by atoms with E-state index in [9.17, 15) is 0 Å². The van der Waals surface area contributed by atoms with Crippen molar-refractivity contribution in [2.24, 2.45) is 0 Å². The Balaban J connectivity index is 0.000000282. The van der Waals surface area contributed by atoms with E-state index in [0.717, 1.165) is 0 Å². The second kappa shape index (κ2) is 6.39. The Labute approximate surface area is 137 Å². The minimum absolute atomic E-state index is 1.28. The number of nitrogens with zero attached hydrogens (tertiary/aromatic N) is 1. The number of pyridine rings is 2. The van der Waals surface area contributed by atoms with E-state index >= 15 is 0 Å². The first-order valence-electron chi connectivity index (χ1n) is 5.91. The van der Waals surface area contributed by atoms with Gasteiger partial charge in [-0.25, -0.2) is 0 Å². The van der Waals surface area contributed by atoms with Crippen LogP contribution in [0.3, 0.4) is 0 Å². The molecule has 0 fully saturated rings. The monoisotopic (exact) mass is 422 g/mol. The molecule has 0 aliphatic carbocycles. The van der Waals surface area contributed by atoms with Gasteiger partial charge in [0, 0.05) is 21.3 Å². The van der Waals surface area contributed by atoms with Crippen molar-refractivity contribution < 1.29 is 33.3 Å². The molecule has 21 heavy (non-hydrogen) atoms. The third kappa shape index (κ3) is 4.22. The fourth-order valence-corrected chi connectivity index (χ4v) is 2.80. The summed E-state index contributed by atoms with van der Waals surface area (Å²) >= 11 is 2.39. The molecular formula is C14H14ClINO4+. The van der Waals surface area contributed by atoms with Crippen molar-refractivity contribution in [2.45, 2.75) is 6.92 Å². The number of halogens is 2. The van der Waals surface area contributed by atoms with Crippen LogP contribution in [0.4, 0.5) is 0 Å². The third-order valence-electron chi connectivity index (χ3n) is 3.00. The molecule has 0 aliphatic heterocycles. The first-order valence-corrected chi connectivity index (χ1v) is 8.31. The van der Waals surface area contributed by atoms with Crippen molar-refractivity contribution in [1.82, 2.24) is 0 Å². The van der Waals surface area contributed by atoms with Crippen LogP contribution in [0.25, 0.3) is 16.3 Å². The summed E-state index contributed by atoms with van der Waals surface area (Å²) in [4.78, 5) is 0. The van der Waals surface area contributed by atoms with E-state index in [-0.39, 0.29) is 0 Å². The van der Waals surface area contributed by atoms with Gasteiger partial charge in [0.05, 0.1) is 5.39 Å². The van der Waals surface area contributed by atoms with Gasteiger partial charge in [-0.2, -0.15) is 4.40 Å². The van der Waals surface area contributed by atoms with Gasteiger partial charge in [0.2, 0.25) is 5.52 Å². The number of hydrogen-bond acceptors (Lipinski definition) is 4. The van der Waals surface area contributed by atoms with Crippen molar-refractivity contribution in [1.29, 1.82) is 0 Å². The second-order valence-electron chi connectivity index (χ2n) is 4.38. The molecule has 3 aromatic rings. The van der Waals surface area contributed by atoms with Gasteiger partial charge in [-0.1, -0.05) is 12.1 Å². The molecule has 0 atom stereocenters. The predicted molar refractivity (Wildman–Crippen MR) is 81.2 cm³/mol. The predicted octanol–water partition coefficient (Wildman–Crippen LogP) is 0.632. The molecule has 5 nitrogen and oxygen atoms in total. The van der Waals surface area contributed by atoms with Crippen molar-refractivity contribution >= 4 is 38.9 Å². The van der Waals surface area contributed by atoms with E-state index < -0.39 is 10.2 Å². The molecule has 1 aromatic carbocycles. The standard InChI is InChI=1S/C14H11IN.ClH3O4/c1-10-11-5-4-6-13(15)12(11)9-16-8-3-2-7-14(10)16;2-1(3,4)5/h2-9H,1H3;2-4H/q+1;. The first-order chi connectivity index (χ1) is 9.77. The molecule has 0 amide bonds. The molecule has 0 bridgehead atoms. The average Bonchev–Trinajstić information content (AvgIpc) is 2.39. The van der Waals surface area contributed by atoms with Crippen LogP contribution in [-0.2, 0) is 0 Å². The SMILES string of the molecule is Cc1c2cccc(I)c2c[n+]2ccccc12.[O-][Cl+](O)(O)O. The number of aryl methyl sites for hydroxylation is 1. The fourth-order valence-electron chi connectivity index (χ4n) is 2.16. The topological polar surface area (TPSA) is 87.9 Å². The zero-order chi connectivity index (χ0) is 15.6. The summed E-state index contributed by atoms with van der Waals surface area (Å²) in [7, 11) is -4.19. The third-order valence-corrected chi connectivity index (χ3v) is 3.94. The molecule has 2 aromatic heterocycles. The van der Waals surface area contributed by atoms with E-state index in [1.165, 1.54) is 25.4 Å². The van der Waals surface area contributed by atoms with Gasteiger partial charge in [0.15, 0.2) is 12.4 Å². The van der Waals surface area contributed by atoms with Crippen LogP contribution < -0.4 is 9.06 Å². The van der Waals surface area contributed by atoms with Crippen LogP contribution in [0, 0.1) is 20.7 Å². The zero-order valence-corrected chi connectivity index (χ0v) is 14.0. The Morgan fingerprint density at radius 3 is 2.38 bits per heavy atom. The number of fused-ring (bicyclic) bond motifs is 2. The first kappa shape index (κ1) is 16.3. The summed E-state index contributed by atoms with van der Waals surface area (Å²) in [6.45, 7) is 2.19. The molecule has 0 saturated carbocycles. The Morgan fingerprint density at radius 2 is 1.71 bits per heavy atom. The van der Waals surface area contributed by atoms with E-state index in [4.69, 9.17) is 18.6 Å². The van der Waals surface area contributed by atoms with Crippen LogP contribution >= 0.6 is 22.6 Å². The van der Waals surface area contributed by atoms with Crippen molar-refractivity contribution in [3.63, 3.8) is 0 Å². The quantitative estimate of drug-likeness (QED) is 0.282. The van der Waals surface area contributed by atoms with Gasteiger partial charge >= 0.3 is 28.9 Å². The summed E-state index contributed by atoms with van der Waals surface area (Å²) in [5.41, 5.74) is 2.62. The van der Waals surface area contributed by atoms with Crippen LogP contribution in [0.2, 0.25) is 0 Å². The van der Waals surface area contributed by atoms with Crippen LogP contribution in [0.5, 0.6) is 0 Å². The molecule has 0 spiro atoms. The van der Waals surface area contributed by atoms with Gasteiger partial charge < -0.3 is 0 Å². The van der Waals surface area contributed by atoms with Crippen molar-refractivity contribution in [3.8, 4) is 0 Å². The summed E-state index contributed by atoms with van der Waals surface area (Å²) < 4.78 is 33.7. The molecule has 0 aliphatic rings. The summed E-state index contributed by atoms with van der Waals surface area (Å²) in [5, 5.41) is 2.67. The summed E-state index contributed by atoms with van der Waals surface area (Å²) in [6.07, 6.45) is 4.31. The van der Waals surface area contributed by atoms with Crippen LogP contribution in [0.15, 0.2) is 48.8 Å². The number of benzene rings is 1. The maximum atomic E-state index is 8.83. The molecule has 0 radical (unpaired) electrons. The zero-order valence-electron chi connectivity index (χ0n) is 11.1. The molecule has 2 heterocycles. The van der Waals surface area contributed by atoms with Crippen LogP contribution in [-0.4, -0.2) is 14.0 Å². The average molecular weight is 423 g/mol. The molecular weight excluding hydrogens is 409 g/mol. The summed E-state index contributed by atoms with van der Waals surface area (Å²) in [6, 6.07) is 12.8. The van der Waals surface area contributed by atoms with Gasteiger partial charge in [-0.05, 0) is 47.0 Å². The molecule has 7 heteroatoms. The van der Waals surface area contributed by atoms with Crippen molar-refractivity contribution in [2.75, 3.05) is 0 Å². The molecule has 3 N–H and O–H groups in total. The molecule has 3 rings (SSSR count). The number of aromatic nitrogens is 1. The van der Waals surface area contributed by atoms with Gasteiger partial charge in [0.1, 0.15) is 0 Å². The Kier molecular flexibility index (Phi) is 4.97. The van der Waals surface area contributed by atoms with Gasteiger partial charge in [-0.15, -0.1) is 0 Å². The second-order valence-corrected chi connectivity index (χ2v) is 6.41. The summed E-state index contributed by atoms with van der Waals surface area (Å²) in [5.74, 6) is 0. The molecule has 0 unspecified atom stereocenters. The molecule has 112 valence electrons. The van der Waals surface area contributed by atoms with Gasteiger partial charge in [-0.3, -0.25) is 0 Å². The number of hydrogen-bond donors (Lipinski definition) is 3. The Bertz CT molecular complexity index is 783. The Morgan fingerprint density at radius 1 is 1.05 bits per heavy atom. The fraction of sp³-hybridized carbons (Fsp3) is 0.0714. The number of rotatable bonds is 0. The van der Waals surface area contributed by atoms with Crippen LogP contribution in [0.1, 0.15) is 5.56 Å². The minimum atomic E-state index is -4.19. The van der Waals surface area contributed by atoms with E-state index in [2.05, 4.69) is 82.7 Å². The van der Waals surface area contributed by atoms with Crippen molar-refractivity contribution in [3.05, 3.63) is 57.9 Å². The van der Waals surface area contributed by atoms with E-state index in [1.807, 2.05) is 0 Å². The Hall–Kier alpha value is -1.03. The molecule has 0 saturated heterocycles. The van der Waals surface area contributed by atoms with E-state index in [1.54, 1.807) is 0 Å².